The normalized spacial score (nSPS) is 51.3. The second-order valence-electron chi connectivity index (χ2n) is 14.9. The molecule has 5 aliphatic rings. The summed E-state index contributed by atoms with van der Waals surface area (Å²) in [5.41, 5.74) is -2.83. The molecule has 1 heterocycles. The van der Waals surface area contributed by atoms with E-state index in [1.807, 2.05) is 6.92 Å². The van der Waals surface area contributed by atoms with Crippen molar-refractivity contribution in [3.63, 3.8) is 0 Å². The first-order valence-corrected chi connectivity index (χ1v) is 14.7. The van der Waals surface area contributed by atoms with E-state index in [1.54, 1.807) is 0 Å². The van der Waals surface area contributed by atoms with Crippen LogP contribution in [0.15, 0.2) is 0 Å². The Morgan fingerprint density at radius 1 is 0.842 bits per heavy atom. The third-order valence-corrected chi connectivity index (χ3v) is 13.0. The summed E-state index contributed by atoms with van der Waals surface area (Å²) in [6.07, 6.45) is 6.03. The summed E-state index contributed by atoms with van der Waals surface area (Å²) in [4.78, 5) is 36.7. The van der Waals surface area contributed by atoms with Crippen molar-refractivity contribution in [3.8, 4) is 0 Å². The van der Waals surface area contributed by atoms with Crippen LogP contribution >= 0.6 is 0 Å². The average Bonchev–Trinajstić information content (AvgIpc) is 3.30. The Balaban J connectivity index is 1.58. The highest BCUT2D eigenvalue weighted by atomic mass is 16.6. The number of esters is 3. The lowest BCUT2D eigenvalue weighted by Crippen LogP contribution is -2.70. The van der Waals surface area contributed by atoms with Crippen LogP contribution in [0.4, 0.5) is 0 Å². The zero-order valence-corrected chi connectivity index (χ0v) is 24.6. The van der Waals surface area contributed by atoms with Crippen LogP contribution in [-0.2, 0) is 28.6 Å². The maximum absolute atomic E-state index is 12.5. The van der Waals surface area contributed by atoms with E-state index in [-0.39, 0.29) is 57.5 Å². The second-order valence-corrected chi connectivity index (χ2v) is 14.9. The molecule has 0 radical (unpaired) electrons. The lowest BCUT2D eigenvalue weighted by Gasteiger charge is -2.71. The molecular formula is C31H48O7. The summed E-state index contributed by atoms with van der Waals surface area (Å²) in [6.45, 7) is 16.5. The van der Waals surface area contributed by atoms with Crippen LogP contribution in [0.1, 0.15) is 113 Å². The van der Waals surface area contributed by atoms with Gasteiger partial charge in [-0.15, -0.1) is 0 Å². The fourth-order valence-corrected chi connectivity index (χ4v) is 11.1. The van der Waals surface area contributed by atoms with Gasteiger partial charge in [-0.3, -0.25) is 14.4 Å². The molecule has 5 rings (SSSR count). The summed E-state index contributed by atoms with van der Waals surface area (Å²) in [5.74, 6) is -0.502. The van der Waals surface area contributed by atoms with Gasteiger partial charge in [-0.05, 0) is 80.0 Å². The minimum absolute atomic E-state index is 0.0238. The number of fused-ring (bicyclic) bond motifs is 5. The van der Waals surface area contributed by atoms with Gasteiger partial charge in [0.1, 0.15) is 23.4 Å². The first-order valence-electron chi connectivity index (χ1n) is 14.7. The minimum atomic E-state index is -1.26. The van der Waals surface area contributed by atoms with Gasteiger partial charge in [-0.1, -0.05) is 34.6 Å². The summed E-state index contributed by atoms with van der Waals surface area (Å²) in [7, 11) is 0. The predicted octanol–water partition coefficient (Wildman–Crippen LogP) is 5.36. The number of cyclic esters (lactones) is 1. The Kier molecular flexibility index (Phi) is 6.20. The molecule has 0 aromatic heterocycles. The molecule has 0 aromatic carbocycles. The fraction of sp³-hybridized carbons (Fsp3) is 0.903. The molecule has 0 amide bonds. The maximum atomic E-state index is 12.5. The highest BCUT2D eigenvalue weighted by Crippen LogP contribution is 2.77. The molecule has 0 spiro atoms. The van der Waals surface area contributed by atoms with Crippen LogP contribution in [0.25, 0.3) is 0 Å². The number of hydrogen-bond donors (Lipinski definition) is 1. The highest BCUT2D eigenvalue weighted by Gasteiger charge is 2.76. The predicted molar refractivity (Wildman–Crippen MR) is 141 cm³/mol. The smallest absolute Gasteiger partial charge is 0.306 e. The van der Waals surface area contributed by atoms with E-state index in [2.05, 4.69) is 34.6 Å². The molecular weight excluding hydrogens is 484 g/mol. The lowest BCUT2D eigenvalue weighted by atomic mass is 9.35. The Labute approximate surface area is 227 Å². The Morgan fingerprint density at radius 2 is 1.50 bits per heavy atom. The van der Waals surface area contributed by atoms with E-state index in [4.69, 9.17) is 14.2 Å². The molecule has 214 valence electrons. The van der Waals surface area contributed by atoms with Crippen molar-refractivity contribution < 1.29 is 33.7 Å². The Hall–Kier alpha value is -1.63. The fourth-order valence-electron chi connectivity index (χ4n) is 11.1. The molecule has 38 heavy (non-hydrogen) atoms. The van der Waals surface area contributed by atoms with Gasteiger partial charge < -0.3 is 19.3 Å². The SMILES string of the molecule is CC(=O)OC1CC2C3(C)CCC(OC(C)=O)C(C)(C)C3CCC2(C)C2(C)CCC(O)(C3(C)CCC(=O)O3)C12. The van der Waals surface area contributed by atoms with E-state index in [0.29, 0.717) is 31.6 Å². The quantitative estimate of drug-likeness (QED) is 0.386. The number of rotatable bonds is 3. The van der Waals surface area contributed by atoms with Crippen LogP contribution in [0.5, 0.6) is 0 Å². The minimum Gasteiger partial charge on any atom is -0.462 e. The second kappa shape index (κ2) is 8.44. The van der Waals surface area contributed by atoms with Crippen molar-refractivity contribution in [2.24, 2.45) is 39.4 Å². The lowest BCUT2D eigenvalue weighted by molar-refractivity contribution is -0.273. The van der Waals surface area contributed by atoms with Crippen LogP contribution in [0.2, 0.25) is 0 Å². The van der Waals surface area contributed by atoms with Crippen molar-refractivity contribution >= 4 is 17.9 Å². The third kappa shape index (κ3) is 3.51. The molecule has 4 saturated carbocycles. The van der Waals surface area contributed by atoms with Gasteiger partial charge >= 0.3 is 17.9 Å². The maximum Gasteiger partial charge on any atom is 0.306 e. The van der Waals surface area contributed by atoms with Gasteiger partial charge in [0.2, 0.25) is 0 Å². The van der Waals surface area contributed by atoms with Gasteiger partial charge in [0.15, 0.2) is 0 Å². The van der Waals surface area contributed by atoms with Gasteiger partial charge in [0.05, 0.1) is 0 Å². The van der Waals surface area contributed by atoms with E-state index >= 15 is 0 Å². The van der Waals surface area contributed by atoms with Gasteiger partial charge in [0.25, 0.3) is 0 Å². The average molecular weight is 533 g/mol. The summed E-state index contributed by atoms with van der Waals surface area (Å²) in [5, 5.41) is 12.5. The van der Waals surface area contributed by atoms with Gasteiger partial charge in [-0.25, -0.2) is 0 Å². The van der Waals surface area contributed by atoms with E-state index in [1.165, 1.54) is 13.8 Å². The Bertz CT molecular complexity index is 1040. The first kappa shape index (κ1) is 27.9. The number of carbonyl (C=O) groups excluding carboxylic acids is 3. The van der Waals surface area contributed by atoms with Crippen LogP contribution < -0.4 is 0 Å². The Morgan fingerprint density at radius 3 is 2.08 bits per heavy atom. The van der Waals surface area contributed by atoms with E-state index in [9.17, 15) is 19.5 Å². The van der Waals surface area contributed by atoms with Crippen LogP contribution in [0, 0.1) is 39.4 Å². The van der Waals surface area contributed by atoms with E-state index < -0.39 is 17.3 Å². The van der Waals surface area contributed by atoms with Crippen LogP contribution in [-0.4, -0.2) is 46.4 Å². The van der Waals surface area contributed by atoms with Crippen molar-refractivity contribution in [2.75, 3.05) is 0 Å². The molecule has 10 atom stereocenters. The number of carbonyl (C=O) groups is 3. The zero-order valence-electron chi connectivity index (χ0n) is 24.6. The van der Waals surface area contributed by atoms with Crippen molar-refractivity contribution in [1.29, 1.82) is 0 Å². The van der Waals surface area contributed by atoms with Crippen molar-refractivity contribution in [3.05, 3.63) is 0 Å². The molecule has 1 N–H and O–H groups in total. The number of hydrogen-bond acceptors (Lipinski definition) is 7. The largest absolute Gasteiger partial charge is 0.462 e. The molecule has 4 aliphatic carbocycles. The molecule has 1 aliphatic heterocycles. The van der Waals surface area contributed by atoms with Gasteiger partial charge in [0, 0.05) is 38.0 Å². The topological polar surface area (TPSA) is 99.1 Å². The number of aliphatic hydroxyl groups is 1. The zero-order chi connectivity index (χ0) is 28.1. The molecule has 0 bridgehead atoms. The highest BCUT2D eigenvalue weighted by molar-refractivity contribution is 5.72. The molecule has 1 saturated heterocycles. The molecule has 7 heteroatoms. The first-order chi connectivity index (χ1) is 17.4. The summed E-state index contributed by atoms with van der Waals surface area (Å²) in [6, 6.07) is 0. The van der Waals surface area contributed by atoms with Crippen molar-refractivity contribution in [1.82, 2.24) is 0 Å². The molecule has 10 unspecified atom stereocenters. The van der Waals surface area contributed by atoms with E-state index in [0.717, 1.165) is 32.1 Å². The molecule has 7 nitrogen and oxygen atoms in total. The molecule has 0 aromatic rings. The summed E-state index contributed by atoms with van der Waals surface area (Å²) < 4.78 is 17.8. The van der Waals surface area contributed by atoms with Gasteiger partial charge in [-0.2, -0.15) is 0 Å². The van der Waals surface area contributed by atoms with Crippen LogP contribution in [0.3, 0.4) is 0 Å². The standard InChI is InChI=1S/C31H48O7/c1-18(32)36-20-17-22-27(5)12-10-23(37-19(2)33)26(3,4)21(27)9-13-28(22,6)29(7)15-16-31(35,25(20)29)30(8)14-11-24(34)38-30/h20-23,25,35H,9-17H2,1-8H3. The summed E-state index contributed by atoms with van der Waals surface area (Å²) >= 11 is 0. The number of ether oxygens (including phenoxy) is 3. The molecule has 5 fully saturated rings. The van der Waals surface area contributed by atoms with Crippen molar-refractivity contribution in [2.45, 2.75) is 137 Å². The third-order valence-electron chi connectivity index (χ3n) is 13.0. The monoisotopic (exact) mass is 532 g/mol.